The fourth-order valence-corrected chi connectivity index (χ4v) is 3.28. The van der Waals surface area contributed by atoms with Crippen molar-refractivity contribution in [2.75, 3.05) is 5.32 Å². The Balaban J connectivity index is 1.82. The van der Waals surface area contributed by atoms with Crippen molar-refractivity contribution in [1.29, 1.82) is 0 Å². The Bertz CT molecular complexity index is 1180. The first-order valence-electron chi connectivity index (χ1n) is 9.26. The van der Waals surface area contributed by atoms with Crippen molar-refractivity contribution in [3.05, 3.63) is 65.5 Å². The number of pyridine rings is 1. The van der Waals surface area contributed by atoms with Crippen molar-refractivity contribution in [2.24, 2.45) is 5.92 Å². The lowest BCUT2D eigenvalue weighted by Crippen LogP contribution is -2.13. The predicted octanol–water partition coefficient (Wildman–Crippen LogP) is 4.94. The van der Waals surface area contributed by atoms with Crippen LogP contribution < -0.4 is 5.32 Å². The first-order chi connectivity index (χ1) is 13.4. The van der Waals surface area contributed by atoms with E-state index in [2.05, 4.69) is 24.3 Å². The van der Waals surface area contributed by atoms with Gasteiger partial charge in [0.15, 0.2) is 11.5 Å². The summed E-state index contributed by atoms with van der Waals surface area (Å²) >= 11 is 0. The molecule has 0 aliphatic rings. The minimum Gasteiger partial charge on any atom is -0.305 e. The maximum atomic E-state index is 13.1. The van der Waals surface area contributed by atoms with Crippen LogP contribution in [0.1, 0.15) is 29.8 Å². The Morgan fingerprint density at radius 2 is 1.93 bits per heavy atom. The summed E-state index contributed by atoms with van der Waals surface area (Å²) in [5.41, 5.74) is 3.13. The summed E-state index contributed by atoms with van der Waals surface area (Å²) in [5.74, 6) is 0.119. The number of nitrogens with zero attached hydrogens (tertiary/aromatic N) is 3. The van der Waals surface area contributed by atoms with Gasteiger partial charge in [-0.2, -0.15) is 5.10 Å². The topological polar surface area (TPSA) is 59.8 Å². The second-order valence-corrected chi connectivity index (χ2v) is 7.39. The molecule has 0 saturated carbocycles. The number of carbonyl (C=O) groups is 1. The van der Waals surface area contributed by atoms with Gasteiger partial charge < -0.3 is 5.32 Å². The van der Waals surface area contributed by atoms with E-state index in [1.807, 2.05) is 35.9 Å². The summed E-state index contributed by atoms with van der Waals surface area (Å²) in [6.07, 6.45) is 0. The van der Waals surface area contributed by atoms with Crippen LogP contribution in [0.2, 0.25) is 0 Å². The van der Waals surface area contributed by atoms with Gasteiger partial charge in [-0.25, -0.2) is 14.1 Å². The van der Waals surface area contributed by atoms with Crippen LogP contribution in [0, 0.1) is 18.7 Å². The van der Waals surface area contributed by atoms with Crippen LogP contribution >= 0.6 is 0 Å². The third-order valence-corrected chi connectivity index (χ3v) is 4.62. The number of para-hydroxylation sites is 1. The number of fused-ring (bicyclic) bond motifs is 2. The lowest BCUT2D eigenvalue weighted by molar-refractivity contribution is 0.102. The molecule has 1 N–H and O–H groups in total. The Kier molecular flexibility index (Phi) is 4.55. The molecule has 2 heterocycles. The van der Waals surface area contributed by atoms with Gasteiger partial charge >= 0.3 is 0 Å². The van der Waals surface area contributed by atoms with Gasteiger partial charge in [-0.05, 0) is 48.7 Å². The molecule has 0 spiro atoms. The quantitative estimate of drug-likeness (QED) is 0.549. The lowest BCUT2D eigenvalue weighted by Gasteiger charge is -2.06. The molecular weight excluding hydrogens is 355 g/mol. The Hall–Kier alpha value is -3.28. The monoisotopic (exact) mass is 376 g/mol. The number of aryl methyl sites for hydroxylation is 1. The summed E-state index contributed by atoms with van der Waals surface area (Å²) in [6.45, 7) is 6.93. The fourth-order valence-electron chi connectivity index (χ4n) is 3.28. The van der Waals surface area contributed by atoms with Crippen LogP contribution in [0.15, 0.2) is 48.5 Å². The van der Waals surface area contributed by atoms with Gasteiger partial charge in [0.2, 0.25) is 0 Å². The smallest absolute Gasteiger partial charge is 0.256 e. The van der Waals surface area contributed by atoms with E-state index >= 15 is 0 Å². The first-order valence-corrected chi connectivity index (χ1v) is 9.26. The third kappa shape index (κ3) is 3.33. The predicted molar refractivity (Wildman–Crippen MR) is 109 cm³/mol. The number of halogens is 1. The Labute approximate surface area is 162 Å². The highest BCUT2D eigenvalue weighted by Gasteiger charge is 2.17. The second kappa shape index (κ2) is 7.03. The highest BCUT2D eigenvalue weighted by atomic mass is 19.1. The number of rotatable bonds is 4. The molecule has 4 aromatic rings. The van der Waals surface area contributed by atoms with Gasteiger partial charge in [-0.15, -0.1) is 0 Å². The fraction of sp³-hybridized carbons (Fsp3) is 0.227. The molecule has 1 amide bonds. The van der Waals surface area contributed by atoms with Crippen molar-refractivity contribution in [2.45, 2.75) is 27.3 Å². The summed E-state index contributed by atoms with van der Waals surface area (Å²) in [4.78, 5) is 17.5. The number of anilines is 1. The SMILES string of the molecule is Cc1cccc2cc3c(NC(=O)c4ccc(F)cc4)nn(CC(C)C)c3nc12. The molecule has 6 heteroatoms. The van der Waals surface area contributed by atoms with E-state index in [4.69, 9.17) is 4.98 Å². The normalized spacial score (nSPS) is 11.5. The van der Waals surface area contributed by atoms with E-state index in [0.717, 1.165) is 27.5 Å². The zero-order chi connectivity index (χ0) is 19.8. The Morgan fingerprint density at radius 1 is 1.18 bits per heavy atom. The first kappa shape index (κ1) is 18.1. The molecule has 4 rings (SSSR count). The summed E-state index contributed by atoms with van der Waals surface area (Å²) < 4.78 is 15.0. The van der Waals surface area contributed by atoms with Gasteiger partial charge in [-0.1, -0.05) is 32.0 Å². The highest BCUT2D eigenvalue weighted by molar-refractivity contribution is 6.09. The highest BCUT2D eigenvalue weighted by Crippen LogP contribution is 2.28. The number of aromatic nitrogens is 3. The van der Waals surface area contributed by atoms with Crippen LogP contribution in [0.4, 0.5) is 10.2 Å². The number of nitrogens with one attached hydrogen (secondary N) is 1. The zero-order valence-electron chi connectivity index (χ0n) is 16.0. The number of carbonyl (C=O) groups excluding carboxylic acids is 1. The molecule has 0 atom stereocenters. The standard InChI is InChI=1S/C22H21FN4O/c1-13(2)12-27-21-18(11-16-6-4-5-14(3)19(16)24-21)20(26-27)25-22(28)15-7-9-17(23)10-8-15/h4-11,13H,12H2,1-3H3,(H,25,26,28). The van der Waals surface area contributed by atoms with Crippen LogP contribution in [0.5, 0.6) is 0 Å². The molecular formula is C22H21FN4O. The molecule has 0 bridgehead atoms. The van der Waals surface area contributed by atoms with Gasteiger partial charge in [-0.3, -0.25) is 4.79 Å². The molecule has 0 fully saturated rings. The minimum absolute atomic E-state index is 0.333. The summed E-state index contributed by atoms with van der Waals surface area (Å²) in [5, 5.41) is 9.25. The van der Waals surface area contributed by atoms with Gasteiger partial charge in [0, 0.05) is 17.5 Å². The van der Waals surface area contributed by atoms with Crippen LogP contribution in [0.25, 0.3) is 21.9 Å². The molecule has 0 saturated heterocycles. The minimum atomic E-state index is -0.380. The van der Waals surface area contributed by atoms with Gasteiger partial charge in [0.25, 0.3) is 5.91 Å². The number of hydrogen-bond donors (Lipinski definition) is 1. The van der Waals surface area contributed by atoms with E-state index in [-0.39, 0.29) is 11.7 Å². The largest absolute Gasteiger partial charge is 0.305 e. The van der Waals surface area contributed by atoms with Gasteiger partial charge in [0.05, 0.1) is 10.9 Å². The number of hydrogen-bond acceptors (Lipinski definition) is 3. The van der Waals surface area contributed by atoms with E-state index in [1.54, 1.807) is 0 Å². The van der Waals surface area contributed by atoms with E-state index in [9.17, 15) is 9.18 Å². The maximum absolute atomic E-state index is 13.1. The molecule has 2 aromatic carbocycles. The lowest BCUT2D eigenvalue weighted by atomic mass is 10.1. The van der Waals surface area contributed by atoms with Crippen molar-refractivity contribution < 1.29 is 9.18 Å². The molecule has 2 aromatic heterocycles. The van der Waals surface area contributed by atoms with Crippen LogP contribution in [-0.2, 0) is 6.54 Å². The molecule has 0 radical (unpaired) electrons. The third-order valence-electron chi connectivity index (χ3n) is 4.62. The molecule has 28 heavy (non-hydrogen) atoms. The van der Waals surface area contributed by atoms with E-state index in [1.165, 1.54) is 24.3 Å². The molecule has 5 nitrogen and oxygen atoms in total. The average molecular weight is 376 g/mol. The average Bonchev–Trinajstić information content (AvgIpc) is 2.97. The number of amides is 1. The molecule has 0 aliphatic carbocycles. The molecule has 0 aliphatic heterocycles. The van der Waals surface area contributed by atoms with Crippen molar-refractivity contribution >= 4 is 33.7 Å². The van der Waals surface area contributed by atoms with Crippen molar-refractivity contribution in [1.82, 2.24) is 14.8 Å². The second-order valence-electron chi connectivity index (χ2n) is 7.39. The van der Waals surface area contributed by atoms with E-state index < -0.39 is 0 Å². The molecule has 142 valence electrons. The van der Waals surface area contributed by atoms with Gasteiger partial charge in [0.1, 0.15) is 5.82 Å². The van der Waals surface area contributed by atoms with Crippen LogP contribution in [-0.4, -0.2) is 20.7 Å². The van der Waals surface area contributed by atoms with Crippen molar-refractivity contribution in [3.8, 4) is 0 Å². The van der Waals surface area contributed by atoms with Crippen molar-refractivity contribution in [3.63, 3.8) is 0 Å². The number of benzene rings is 2. The maximum Gasteiger partial charge on any atom is 0.256 e. The Morgan fingerprint density at radius 3 is 2.64 bits per heavy atom. The zero-order valence-corrected chi connectivity index (χ0v) is 16.0. The van der Waals surface area contributed by atoms with Crippen LogP contribution in [0.3, 0.4) is 0 Å². The van der Waals surface area contributed by atoms with E-state index in [0.29, 0.717) is 23.8 Å². The summed E-state index contributed by atoms with van der Waals surface area (Å²) in [7, 11) is 0. The summed E-state index contributed by atoms with van der Waals surface area (Å²) in [6, 6.07) is 13.5. The molecule has 0 unspecified atom stereocenters.